The zero-order chi connectivity index (χ0) is 16.8. The Bertz CT molecular complexity index is 940. The molecule has 0 saturated carbocycles. The van der Waals surface area contributed by atoms with Crippen LogP contribution in [0.1, 0.15) is 15.9 Å². The first-order chi connectivity index (χ1) is 10.8. The van der Waals surface area contributed by atoms with E-state index in [0.29, 0.717) is 0 Å². The highest BCUT2D eigenvalue weighted by Gasteiger charge is 2.36. The van der Waals surface area contributed by atoms with Gasteiger partial charge in [-0.1, -0.05) is 18.2 Å². The van der Waals surface area contributed by atoms with Crippen molar-refractivity contribution in [3.63, 3.8) is 0 Å². The molecule has 0 radical (unpaired) electrons. The Morgan fingerprint density at radius 2 is 1.78 bits per heavy atom. The summed E-state index contributed by atoms with van der Waals surface area (Å²) in [4.78, 5) is 25.0. The van der Waals surface area contributed by atoms with Crippen molar-refractivity contribution in [1.29, 1.82) is 0 Å². The molecule has 0 aliphatic carbocycles. The van der Waals surface area contributed by atoms with Crippen LogP contribution in [0, 0.1) is 5.82 Å². The molecule has 0 aromatic heterocycles. The minimum absolute atomic E-state index is 0.0575. The summed E-state index contributed by atoms with van der Waals surface area (Å²) in [6.07, 6.45) is 0. The number of rotatable bonds is 3. The third kappa shape index (κ3) is 2.62. The van der Waals surface area contributed by atoms with Gasteiger partial charge in [0.15, 0.2) is 0 Å². The number of primary sulfonamides is 1. The predicted molar refractivity (Wildman–Crippen MR) is 79.7 cm³/mol. The van der Waals surface area contributed by atoms with E-state index in [1.54, 1.807) is 6.07 Å². The summed E-state index contributed by atoms with van der Waals surface area (Å²) < 4.78 is 36.5. The Morgan fingerprint density at radius 1 is 1.09 bits per heavy atom. The SMILES string of the molecule is NS(=O)(=O)c1ccc2c(c1)C(=O)C(=O)N2Cc1ccccc1F. The first kappa shape index (κ1) is 15.3. The fourth-order valence-corrected chi connectivity index (χ4v) is 2.95. The Hall–Kier alpha value is -2.58. The highest BCUT2D eigenvalue weighted by Crippen LogP contribution is 2.32. The minimum Gasteiger partial charge on any atom is -0.300 e. The molecule has 3 rings (SSSR count). The van der Waals surface area contributed by atoms with Gasteiger partial charge in [0.25, 0.3) is 11.7 Å². The van der Waals surface area contributed by atoms with Crippen molar-refractivity contribution >= 4 is 27.4 Å². The van der Waals surface area contributed by atoms with Gasteiger partial charge in [0.2, 0.25) is 10.0 Å². The van der Waals surface area contributed by atoms with Crippen LogP contribution in [0.15, 0.2) is 47.4 Å². The molecule has 23 heavy (non-hydrogen) atoms. The van der Waals surface area contributed by atoms with Gasteiger partial charge in [0.1, 0.15) is 5.82 Å². The number of benzene rings is 2. The number of ketones is 1. The Kier molecular flexibility index (Phi) is 3.50. The number of carbonyl (C=O) groups is 2. The molecule has 0 spiro atoms. The van der Waals surface area contributed by atoms with Crippen LogP contribution in [-0.2, 0) is 21.4 Å². The van der Waals surface area contributed by atoms with Crippen LogP contribution in [0.5, 0.6) is 0 Å². The molecular weight excluding hydrogens is 323 g/mol. The Morgan fingerprint density at radius 3 is 2.43 bits per heavy atom. The summed E-state index contributed by atoms with van der Waals surface area (Å²) in [6, 6.07) is 9.47. The van der Waals surface area contributed by atoms with Gasteiger partial charge in [-0.15, -0.1) is 0 Å². The molecule has 1 amide bonds. The number of Topliss-reactive ketones (excluding diaryl/α,β-unsaturated/α-hetero) is 1. The van der Waals surface area contributed by atoms with Gasteiger partial charge in [-0.25, -0.2) is 17.9 Å². The molecule has 2 N–H and O–H groups in total. The average molecular weight is 334 g/mol. The van der Waals surface area contributed by atoms with E-state index in [4.69, 9.17) is 5.14 Å². The van der Waals surface area contributed by atoms with Crippen LogP contribution in [0.4, 0.5) is 10.1 Å². The van der Waals surface area contributed by atoms with Crippen LogP contribution in [0.2, 0.25) is 0 Å². The fraction of sp³-hybridized carbons (Fsp3) is 0.0667. The number of fused-ring (bicyclic) bond motifs is 1. The zero-order valence-corrected chi connectivity index (χ0v) is 12.5. The van der Waals surface area contributed by atoms with Crippen molar-refractivity contribution in [2.45, 2.75) is 11.4 Å². The molecule has 0 unspecified atom stereocenters. The summed E-state index contributed by atoms with van der Waals surface area (Å²) in [5.74, 6) is -2.18. The lowest BCUT2D eigenvalue weighted by Gasteiger charge is -2.17. The molecule has 1 aliphatic rings. The standard InChI is InChI=1S/C15H11FN2O4S/c16-12-4-2-1-3-9(12)8-18-13-6-5-10(23(17,21)22)7-11(13)14(19)15(18)20/h1-7H,8H2,(H2,17,21,22). The van der Waals surface area contributed by atoms with Crippen molar-refractivity contribution in [1.82, 2.24) is 0 Å². The number of sulfonamides is 1. The van der Waals surface area contributed by atoms with Crippen molar-refractivity contribution in [3.8, 4) is 0 Å². The molecule has 8 heteroatoms. The molecule has 0 fully saturated rings. The summed E-state index contributed by atoms with van der Waals surface area (Å²) in [7, 11) is -3.99. The van der Waals surface area contributed by atoms with Crippen LogP contribution in [-0.4, -0.2) is 20.1 Å². The van der Waals surface area contributed by atoms with E-state index in [1.807, 2.05) is 0 Å². The molecular formula is C15H11FN2O4S. The fourth-order valence-electron chi connectivity index (χ4n) is 2.41. The highest BCUT2D eigenvalue weighted by molar-refractivity contribution is 7.89. The van der Waals surface area contributed by atoms with E-state index in [9.17, 15) is 22.4 Å². The maximum absolute atomic E-state index is 13.7. The average Bonchev–Trinajstić information content (AvgIpc) is 2.73. The van der Waals surface area contributed by atoms with Gasteiger partial charge in [-0.05, 0) is 24.3 Å². The lowest BCUT2D eigenvalue weighted by Crippen LogP contribution is -2.29. The predicted octanol–water partition coefficient (Wildman–Crippen LogP) is 1.20. The van der Waals surface area contributed by atoms with Crippen LogP contribution >= 0.6 is 0 Å². The number of nitrogens with zero attached hydrogens (tertiary/aromatic N) is 1. The van der Waals surface area contributed by atoms with Gasteiger partial charge in [0, 0.05) is 5.56 Å². The normalized spacial score (nSPS) is 14.3. The number of hydrogen-bond donors (Lipinski definition) is 1. The zero-order valence-electron chi connectivity index (χ0n) is 11.7. The lowest BCUT2D eigenvalue weighted by atomic mass is 10.1. The van der Waals surface area contributed by atoms with E-state index in [1.165, 1.54) is 30.3 Å². The first-order valence-corrected chi connectivity index (χ1v) is 8.10. The van der Waals surface area contributed by atoms with Crippen LogP contribution in [0.25, 0.3) is 0 Å². The number of carbonyl (C=O) groups excluding carboxylic acids is 2. The molecule has 1 aliphatic heterocycles. The van der Waals surface area contributed by atoms with E-state index in [2.05, 4.69) is 0 Å². The second-order valence-corrected chi connectivity index (χ2v) is 6.60. The molecule has 2 aromatic rings. The Balaban J connectivity index is 2.05. The minimum atomic E-state index is -3.99. The smallest absolute Gasteiger partial charge is 0.299 e. The number of amides is 1. The molecule has 0 bridgehead atoms. The number of nitrogens with two attached hydrogens (primary N) is 1. The molecule has 0 saturated heterocycles. The third-order valence-corrected chi connectivity index (χ3v) is 4.47. The number of hydrogen-bond acceptors (Lipinski definition) is 4. The largest absolute Gasteiger partial charge is 0.300 e. The number of anilines is 1. The maximum atomic E-state index is 13.7. The van der Waals surface area contributed by atoms with E-state index in [0.717, 1.165) is 11.0 Å². The second kappa shape index (κ2) is 5.25. The highest BCUT2D eigenvalue weighted by atomic mass is 32.2. The molecule has 0 atom stereocenters. The van der Waals surface area contributed by atoms with Crippen molar-refractivity contribution in [2.24, 2.45) is 5.14 Å². The summed E-state index contributed by atoms with van der Waals surface area (Å²) >= 11 is 0. The Labute approximate surface area is 131 Å². The van der Waals surface area contributed by atoms with Gasteiger partial charge in [-0.2, -0.15) is 0 Å². The maximum Gasteiger partial charge on any atom is 0.299 e. The summed E-state index contributed by atoms with van der Waals surface area (Å²) in [6.45, 7) is -0.126. The monoisotopic (exact) mass is 334 g/mol. The quantitative estimate of drug-likeness (QED) is 0.853. The van der Waals surface area contributed by atoms with Gasteiger partial charge in [0.05, 0.1) is 22.7 Å². The summed E-state index contributed by atoms with van der Waals surface area (Å²) in [5.41, 5.74) is 0.422. The van der Waals surface area contributed by atoms with Gasteiger partial charge in [-0.3, -0.25) is 9.59 Å². The van der Waals surface area contributed by atoms with Gasteiger partial charge >= 0.3 is 0 Å². The molecule has 2 aromatic carbocycles. The molecule has 1 heterocycles. The van der Waals surface area contributed by atoms with Crippen LogP contribution < -0.4 is 10.0 Å². The molecule has 6 nitrogen and oxygen atoms in total. The first-order valence-electron chi connectivity index (χ1n) is 6.55. The van der Waals surface area contributed by atoms with Crippen molar-refractivity contribution in [3.05, 3.63) is 59.4 Å². The topological polar surface area (TPSA) is 97.5 Å². The van der Waals surface area contributed by atoms with Crippen molar-refractivity contribution in [2.75, 3.05) is 4.90 Å². The summed E-state index contributed by atoms with van der Waals surface area (Å²) in [5, 5.41) is 5.02. The third-order valence-electron chi connectivity index (χ3n) is 3.56. The van der Waals surface area contributed by atoms with Crippen molar-refractivity contribution < 1.29 is 22.4 Å². The lowest BCUT2D eigenvalue weighted by molar-refractivity contribution is -0.114. The van der Waals surface area contributed by atoms with E-state index >= 15 is 0 Å². The van der Waals surface area contributed by atoms with Gasteiger partial charge < -0.3 is 4.90 Å². The van der Waals surface area contributed by atoms with E-state index < -0.39 is 27.5 Å². The van der Waals surface area contributed by atoms with E-state index in [-0.39, 0.29) is 28.3 Å². The van der Waals surface area contributed by atoms with Crippen LogP contribution in [0.3, 0.4) is 0 Å². The number of halogens is 1. The molecule has 118 valence electrons. The second-order valence-electron chi connectivity index (χ2n) is 5.04.